The van der Waals surface area contributed by atoms with Crippen LogP contribution in [0.3, 0.4) is 0 Å². The smallest absolute Gasteiger partial charge is 0.210 e. The molecule has 1 aliphatic rings. The lowest BCUT2D eigenvalue weighted by atomic mass is 10.3. The van der Waals surface area contributed by atoms with E-state index in [1.807, 2.05) is 0 Å². The van der Waals surface area contributed by atoms with Gasteiger partial charge in [-0.25, -0.2) is 17.5 Å². The van der Waals surface area contributed by atoms with Crippen LogP contribution in [-0.2, 0) is 10.0 Å². The molecule has 2 rings (SSSR count). The first-order valence-electron chi connectivity index (χ1n) is 5.49. The van der Waals surface area contributed by atoms with Gasteiger partial charge >= 0.3 is 0 Å². The Kier molecular flexibility index (Phi) is 4.31. The quantitative estimate of drug-likeness (QED) is 0.825. The molecule has 1 atom stereocenters. The summed E-state index contributed by atoms with van der Waals surface area (Å²) in [4.78, 5) is -0.356. The van der Waals surface area contributed by atoms with Crippen LogP contribution in [0.5, 0.6) is 0 Å². The van der Waals surface area contributed by atoms with Gasteiger partial charge in [-0.05, 0) is 37.0 Å². The zero-order valence-corrected chi connectivity index (χ0v) is 12.5. The van der Waals surface area contributed by atoms with Crippen LogP contribution in [0.2, 0.25) is 0 Å². The van der Waals surface area contributed by atoms with Gasteiger partial charge in [0.05, 0.1) is 0 Å². The first-order chi connectivity index (χ1) is 8.40. The maximum absolute atomic E-state index is 13.6. The van der Waals surface area contributed by atoms with E-state index in [0.717, 1.165) is 18.9 Å². The van der Waals surface area contributed by atoms with Crippen LogP contribution in [-0.4, -0.2) is 20.3 Å². The number of benzene rings is 1. The minimum Gasteiger partial charge on any atom is -0.210 e. The number of alkyl halides is 1. The van der Waals surface area contributed by atoms with Gasteiger partial charge < -0.3 is 0 Å². The molecule has 1 aromatic carbocycles. The van der Waals surface area contributed by atoms with Gasteiger partial charge in [-0.1, -0.05) is 15.9 Å². The van der Waals surface area contributed by atoms with Gasteiger partial charge in [0.25, 0.3) is 0 Å². The Hall–Kier alpha value is -0.170. The second-order valence-corrected chi connectivity index (χ2v) is 7.49. The van der Waals surface area contributed by atoms with E-state index < -0.39 is 15.8 Å². The van der Waals surface area contributed by atoms with E-state index in [1.165, 1.54) is 12.1 Å². The predicted octanol–water partition coefficient (Wildman–Crippen LogP) is 2.88. The molecule has 1 saturated carbocycles. The maximum atomic E-state index is 13.6. The zero-order valence-electron chi connectivity index (χ0n) is 9.37. The standard InChI is InChI=1S/C11H12BrClFNO2S/c12-8-3-4-11(10(14)5-8)18(16,17)15-6-9(13)7-1-2-7/h3-5,7,9,15H,1-2,6H2. The summed E-state index contributed by atoms with van der Waals surface area (Å²) in [6.45, 7) is 0.129. The molecule has 1 aromatic rings. The summed E-state index contributed by atoms with van der Waals surface area (Å²) in [5.74, 6) is -0.404. The van der Waals surface area contributed by atoms with Gasteiger partial charge in [-0.2, -0.15) is 0 Å². The second kappa shape index (κ2) is 5.45. The number of hydrogen-bond acceptors (Lipinski definition) is 2. The number of hydrogen-bond donors (Lipinski definition) is 1. The molecule has 3 nitrogen and oxygen atoms in total. The molecule has 0 saturated heterocycles. The highest BCUT2D eigenvalue weighted by molar-refractivity contribution is 9.10. The summed E-state index contributed by atoms with van der Waals surface area (Å²) in [7, 11) is -3.84. The summed E-state index contributed by atoms with van der Waals surface area (Å²) < 4.78 is 40.2. The Morgan fingerprint density at radius 1 is 1.50 bits per heavy atom. The van der Waals surface area contributed by atoms with Crippen molar-refractivity contribution in [2.24, 2.45) is 5.92 Å². The van der Waals surface area contributed by atoms with Crippen molar-refractivity contribution in [2.45, 2.75) is 23.1 Å². The molecule has 100 valence electrons. The topological polar surface area (TPSA) is 46.2 Å². The Bertz CT molecular complexity index is 548. The summed E-state index contributed by atoms with van der Waals surface area (Å²) in [5, 5.41) is -0.224. The molecule has 0 radical (unpaired) electrons. The summed E-state index contributed by atoms with van der Waals surface area (Å²) >= 11 is 9.08. The summed E-state index contributed by atoms with van der Waals surface area (Å²) in [5.41, 5.74) is 0. The van der Waals surface area contributed by atoms with Gasteiger partial charge in [0, 0.05) is 16.4 Å². The average molecular weight is 357 g/mol. The van der Waals surface area contributed by atoms with Crippen LogP contribution in [0.1, 0.15) is 12.8 Å². The van der Waals surface area contributed by atoms with E-state index in [1.54, 1.807) is 0 Å². The minimum atomic E-state index is -3.84. The first-order valence-corrected chi connectivity index (χ1v) is 8.20. The highest BCUT2D eigenvalue weighted by Gasteiger charge is 2.31. The van der Waals surface area contributed by atoms with Crippen LogP contribution < -0.4 is 4.72 Å². The van der Waals surface area contributed by atoms with Gasteiger partial charge in [-0.3, -0.25) is 0 Å². The van der Waals surface area contributed by atoms with Crippen molar-refractivity contribution in [1.82, 2.24) is 4.72 Å². The van der Waals surface area contributed by atoms with E-state index in [2.05, 4.69) is 20.7 Å². The van der Waals surface area contributed by atoms with E-state index in [0.29, 0.717) is 10.4 Å². The monoisotopic (exact) mass is 355 g/mol. The van der Waals surface area contributed by atoms with E-state index in [-0.39, 0.29) is 16.8 Å². The molecule has 1 aliphatic carbocycles. The molecule has 0 heterocycles. The lowest BCUT2D eigenvalue weighted by Gasteiger charge is -2.11. The summed E-state index contributed by atoms with van der Waals surface area (Å²) in [6.07, 6.45) is 2.06. The van der Waals surface area contributed by atoms with Crippen molar-refractivity contribution in [3.8, 4) is 0 Å². The third kappa shape index (κ3) is 3.44. The van der Waals surface area contributed by atoms with Crippen molar-refractivity contribution in [1.29, 1.82) is 0 Å². The molecule has 1 N–H and O–H groups in total. The highest BCUT2D eigenvalue weighted by atomic mass is 79.9. The maximum Gasteiger partial charge on any atom is 0.243 e. The fourth-order valence-electron chi connectivity index (χ4n) is 1.58. The molecular formula is C11H12BrClFNO2S. The van der Waals surface area contributed by atoms with Crippen LogP contribution in [0.4, 0.5) is 4.39 Å². The number of nitrogens with one attached hydrogen (secondary N) is 1. The van der Waals surface area contributed by atoms with Gasteiger partial charge in [-0.15, -0.1) is 11.6 Å². The lowest BCUT2D eigenvalue weighted by Crippen LogP contribution is -2.31. The molecular weight excluding hydrogens is 345 g/mol. The van der Waals surface area contributed by atoms with Gasteiger partial charge in [0.15, 0.2) is 0 Å². The Morgan fingerprint density at radius 2 is 2.17 bits per heavy atom. The lowest BCUT2D eigenvalue weighted by molar-refractivity contribution is 0.553. The molecule has 1 fully saturated rings. The van der Waals surface area contributed by atoms with Crippen LogP contribution in [0, 0.1) is 11.7 Å². The molecule has 0 aromatic heterocycles. The number of sulfonamides is 1. The fraction of sp³-hybridized carbons (Fsp3) is 0.455. The molecule has 1 unspecified atom stereocenters. The second-order valence-electron chi connectivity index (χ2n) is 4.28. The van der Waals surface area contributed by atoms with Crippen LogP contribution in [0.25, 0.3) is 0 Å². The average Bonchev–Trinajstić information content (AvgIpc) is 3.09. The summed E-state index contributed by atoms with van der Waals surface area (Å²) in [6, 6.07) is 3.83. The van der Waals surface area contributed by atoms with Crippen LogP contribution >= 0.6 is 27.5 Å². The Balaban J connectivity index is 2.09. The molecule has 0 bridgehead atoms. The van der Waals surface area contributed by atoms with Gasteiger partial charge in [0.2, 0.25) is 10.0 Å². The normalized spacial score (nSPS) is 17.7. The van der Waals surface area contributed by atoms with Crippen molar-refractivity contribution in [3.05, 3.63) is 28.5 Å². The van der Waals surface area contributed by atoms with E-state index >= 15 is 0 Å². The van der Waals surface area contributed by atoms with Crippen LogP contribution in [0.15, 0.2) is 27.6 Å². The SMILES string of the molecule is O=S(=O)(NCC(Cl)C1CC1)c1ccc(Br)cc1F. The number of rotatable bonds is 5. The van der Waals surface area contributed by atoms with E-state index in [4.69, 9.17) is 11.6 Å². The van der Waals surface area contributed by atoms with Crippen molar-refractivity contribution >= 4 is 37.6 Å². The zero-order chi connectivity index (χ0) is 13.3. The third-order valence-corrected chi connectivity index (χ3v) is 5.25. The molecule has 0 amide bonds. The van der Waals surface area contributed by atoms with E-state index in [9.17, 15) is 12.8 Å². The minimum absolute atomic E-state index is 0.129. The molecule has 0 aliphatic heterocycles. The third-order valence-electron chi connectivity index (χ3n) is 2.79. The van der Waals surface area contributed by atoms with Crippen molar-refractivity contribution in [3.63, 3.8) is 0 Å². The van der Waals surface area contributed by atoms with Crippen molar-refractivity contribution < 1.29 is 12.8 Å². The predicted molar refractivity (Wildman–Crippen MR) is 71.7 cm³/mol. The van der Waals surface area contributed by atoms with Crippen molar-refractivity contribution in [2.75, 3.05) is 6.54 Å². The molecule has 7 heteroatoms. The molecule has 18 heavy (non-hydrogen) atoms. The Labute approximate surface area is 119 Å². The Morgan fingerprint density at radius 3 is 2.72 bits per heavy atom. The highest BCUT2D eigenvalue weighted by Crippen LogP contribution is 2.35. The first kappa shape index (κ1) is 14.2. The fourth-order valence-corrected chi connectivity index (χ4v) is 3.46. The molecule has 0 spiro atoms. The number of halogens is 3. The van der Waals surface area contributed by atoms with Gasteiger partial charge in [0.1, 0.15) is 10.7 Å². The largest absolute Gasteiger partial charge is 0.243 e.